The highest BCUT2D eigenvalue weighted by molar-refractivity contribution is 14.0. The van der Waals surface area contributed by atoms with Crippen molar-refractivity contribution in [2.75, 3.05) is 32.0 Å². The van der Waals surface area contributed by atoms with Crippen LogP contribution in [0, 0.1) is 0 Å². The van der Waals surface area contributed by atoms with Crippen molar-refractivity contribution in [2.24, 2.45) is 4.99 Å². The molecule has 1 aliphatic heterocycles. The molecule has 3 rings (SSSR count). The minimum atomic E-state index is 0. The molecule has 0 aromatic heterocycles. The second-order valence-electron chi connectivity index (χ2n) is 7.97. The average molecular weight is 550 g/mol. The van der Waals surface area contributed by atoms with Gasteiger partial charge in [0.05, 0.1) is 6.04 Å². The van der Waals surface area contributed by atoms with E-state index in [0.717, 1.165) is 43.3 Å². The molecule has 1 unspecified atom stereocenters. The van der Waals surface area contributed by atoms with Crippen LogP contribution in [0.5, 0.6) is 0 Å². The number of nitrogens with one attached hydrogen (secondary N) is 3. The molecule has 0 radical (unpaired) electrons. The maximum absolute atomic E-state index is 11.9. The Morgan fingerprint density at radius 2 is 1.81 bits per heavy atom. The zero-order valence-electron chi connectivity index (χ0n) is 19.1. The lowest BCUT2D eigenvalue weighted by atomic mass is 10.1. The highest BCUT2D eigenvalue weighted by Gasteiger charge is 2.23. The number of hydrogen-bond acceptors (Lipinski definition) is 3. The van der Waals surface area contributed by atoms with Crippen molar-refractivity contribution in [1.82, 2.24) is 15.5 Å². The first-order chi connectivity index (χ1) is 15.2. The lowest BCUT2D eigenvalue weighted by Crippen LogP contribution is -2.42. The van der Waals surface area contributed by atoms with Crippen molar-refractivity contribution >= 4 is 41.5 Å². The second kappa shape index (κ2) is 14.1. The van der Waals surface area contributed by atoms with Crippen LogP contribution >= 0.6 is 24.0 Å². The van der Waals surface area contributed by atoms with Crippen LogP contribution in [0.3, 0.4) is 0 Å². The van der Waals surface area contributed by atoms with Gasteiger partial charge in [-0.3, -0.25) is 14.7 Å². The van der Waals surface area contributed by atoms with E-state index in [1.165, 1.54) is 18.4 Å². The van der Waals surface area contributed by atoms with E-state index in [2.05, 4.69) is 56.2 Å². The summed E-state index contributed by atoms with van der Waals surface area (Å²) in [6.45, 7) is 5.73. The number of guanidine groups is 1. The van der Waals surface area contributed by atoms with Gasteiger partial charge in [-0.2, -0.15) is 0 Å². The normalized spacial score (nSPS) is 15.0. The Kier molecular flexibility index (Phi) is 11.5. The van der Waals surface area contributed by atoms with E-state index in [1.54, 1.807) is 7.05 Å². The molecule has 2 aromatic carbocycles. The first-order valence-electron chi connectivity index (χ1n) is 11.3. The standard InChI is InChI=1S/C25H35N5O.HI/c1-3-10-24(31)29-22-14-9-11-20(17-22)18-27-25(26-2)28-19-23(30-15-7-8-16-30)21-12-5-4-6-13-21;/h4-6,9,11-14,17,23H,3,7-8,10,15-16,18-19H2,1-2H3,(H,29,31)(H2,26,27,28);1H. The summed E-state index contributed by atoms with van der Waals surface area (Å²) in [5.74, 6) is 0.833. The van der Waals surface area contributed by atoms with Crippen molar-refractivity contribution in [3.05, 3.63) is 65.7 Å². The summed E-state index contributed by atoms with van der Waals surface area (Å²) in [6, 6.07) is 19.0. The van der Waals surface area contributed by atoms with Gasteiger partial charge in [-0.1, -0.05) is 49.4 Å². The molecule has 32 heavy (non-hydrogen) atoms. The molecule has 2 aromatic rings. The fourth-order valence-corrected chi connectivity index (χ4v) is 4.00. The van der Waals surface area contributed by atoms with Crippen molar-refractivity contribution in [3.63, 3.8) is 0 Å². The minimum absolute atomic E-state index is 0. The molecule has 1 fully saturated rings. The number of amides is 1. The molecule has 0 bridgehead atoms. The van der Waals surface area contributed by atoms with Gasteiger partial charge in [0.1, 0.15) is 0 Å². The number of nitrogens with zero attached hydrogens (tertiary/aromatic N) is 2. The Morgan fingerprint density at radius 1 is 1.06 bits per heavy atom. The summed E-state index contributed by atoms with van der Waals surface area (Å²) in [5, 5.41) is 9.86. The molecule has 174 valence electrons. The molecule has 1 amide bonds. The van der Waals surface area contributed by atoms with Crippen molar-refractivity contribution in [1.29, 1.82) is 0 Å². The van der Waals surface area contributed by atoms with Crippen LogP contribution in [0.15, 0.2) is 59.6 Å². The van der Waals surface area contributed by atoms with Crippen LogP contribution < -0.4 is 16.0 Å². The van der Waals surface area contributed by atoms with Crippen LogP contribution in [0.1, 0.15) is 49.8 Å². The fraction of sp³-hybridized carbons (Fsp3) is 0.440. The van der Waals surface area contributed by atoms with Crippen molar-refractivity contribution in [2.45, 2.75) is 45.2 Å². The molecule has 0 saturated carbocycles. The van der Waals surface area contributed by atoms with Gasteiger partial charge in [0.25, 0.3) is 0 Å². The number of rotatable bonds is 9. The molecule has 6 nitrogen and oxygen atoms in total. The number of anilines is 1. The third kappa shape index (κ3) is 8.09. The van der Waals surface area contributed by atoms with E-state index < -0.39 is 0 Å². The minimum Gasteiger partial charge on any atom is -0.354 e. The Hall–Kier alpha value is -2.13. The van der Waals surface area contributed by atoms with E-state index in [1.807, 2.05) is 31.2 Å². The van der Waals surface area contributed by atoms with Crippen LogP contribution in [-0.2, 0) is 11.3 Å². The van der Waals surface area contributed by atoms with Crippen molar-refractivity contribution in [3.8, 4) is 0 Å². The predicted molar refractivity (Wildman–Crippen MR) is 144 cm³/mol. The molecule has 0 spiro atoms. The first-order valence-corrected chi connectivity index (χ1v) is 11.3. The predicted octanol–water partition coefficient (Wildman–Crippen LogP) is 4.55. The number of carbonyl (C=O) groups excluding carboxylic acids is 1. The maximum Gasteiger partial charge on any atom is 0.224 e. The lowest BCUT2D eigenvalue weighted by Gasteiger charge is -2.29. The van der Waals surface area contributed by atoms with E-state index in [0.29, 0.717) is 19.0 Å². The molecule has 0 aliphatic carbocycles. The fourth-order valence-electron chi connectivity index (χ4n) is 4.00. The Balaban J connectivity index is 0.00000363. The third-order valence-corrected chi connectivity index (χ3v) is 5.60. The number of likely N-dealkylation sites (tertiary alicyclic amines) is 1. The van der Waals surface area contributed by atoms with Gasteiger partial charge >= 0.3 is 0 Å². The molecule has 1 saturated heterocycles. The highest BCUT2D eigenvalue weighted by Crippen LogP contribution is 2.24. The first kappa shape index (κ1) is 26.1. The summed E-state index contributed by atoms with van der Waals surface area (Å²) in [6.07, 6.45) is 3.91. The highest BCUT2D eigenvalue weighted by atomic mass is 127. The molecule has 3 N–H and O–H groups in total. The molecule has 7 heteroatoms. The van der Waals surface area contributed by atoms with Crippen LogP contribution in [0.2, 0.25) is 0 Å². The van der Waals surface area contributed by atoms with Crippen LogP contribution in [0.25, 0.3) is 0 Å². The molecule has 1 heterocycles. The zero-order valence-corrected chi connectivity index (χ0v) is 21.5. The topological polar surface area (TPSA) is 68.8 Å². The van der Waals surface area contributed by atoms with E-state index in [4.69, 9.17) is 0 Å². The quantitative estimate of drug-likeness (QED) is 0.244. The third-order valence-electron chi connectivity index (χ3n) is 5.60. The molecular formula is C25H36IN5O. The lowest BCUT2D eigenvalue weighted by molar-refractivity contribution is -0.116. The molecule has 1 aliphatic rings. The van der Waals surface area contributed by atoms with Gasteiger partial charge in [0.2, 0.25) is 5.91 Å². The zero-order chi connectivity index (χ0) is 21.9. The van der Waals surface area contributed by atoms with E-state index >= 15 is 0 Å². The smallest absolute Gasteiger partial charge is 0.224 e. The van der Waals surface area contributed by atoms with Gasteiger partial charge in [0, 0.05) is 32.2 Å². The van der Waals surface area contributed by atoms with E-state index in [9.17, 15) is 4.79 Å². The Morgan fingerprint density at radius 3 is 2.50 bits per heavy atom. The number of carbonyl (C=O) groups is 1. The van der Waals surface area contributed by atoms with Crippen LogP contribution in [0.4, 0.5) is 5.69 Å². The number of halogens is 1. The van der Waals surface area contributed by atoms with Gasteiger partial charge in [-0.25, -0.2) is 0 Å². The van der Waals surface area contributed by atoms with Gasteiger partial charge in [-0.05, 0) is 55.6 Å². The number of aliphatic imine (C=N–C) groups is 1. The number of hydrogen-bond donors (Lipinski definition) is 3. The van der Waals surface area contributed by atoms with E-state index in [-0.39, 0.29) is 29.9 Å². The van der Waals surface area contributed by atoms with Gasteiger partial charge < -0.3 is 16.0 Å². The van der Waals surface area contributed by atoms with Gasteiger partial charge in [-0.15, -0.1) is 24.0 Å². The summed E-state index contributed by atoms with van der Waals surface area (Å²) in [5.41, 5.74) is 3.26. The molecule has 1 atom stereocenters. The second-order valence-corrected chi connectivity index (χ2v) is 7.97. The Labute approximate surface area is 209 Å². The summed E-state index contributed by atoms with van der Waals surface area (Å²) in [7, 11) is 1.80. The molecular weight excluding hydrogens is 513 g/mol. The van der Waals surface area contributed by atoms with Crippen LogP contribution in [-0.4, -0.2) is 43.4 Å². The summed E-state index contributed by atoms with van der Waals surface area (Å²) < 4.78 is 0. The average Bonchev–Trinajstić information content (AvgIpc) is 3.32. The van der Waals surface area contributed by atoms with Gasteiger partial charge in [0.15, 0.2) is 5.96 Å². The largest absolute Gasteiger partial charge is 0.354 e. The SMILES string of the molecule is CCCC(=O)Nc1cccc(CNC(=NC)NCC(c2ccccc2)N2CCCC2)c1.I. The summed E-state index contributed by atoms with van der Waals surface area (Å²) in [4.78, 5) is 18.8. The summed E-state index contributed by atoms with van der Waals surface area (Å²) >= 11 is 0. The Bertz CT molecular complexity index is 852. The monoisotopic (exact) mass is 549 g/mol. The van der Waals surface area contributed by atoms with Crippen molar-refractivity contribution < 1.29 is 4.79 Å². The maximum atomic E-state index is 11.9. The number of benzene rings is 2.